The molecule has 3 rings (SSSR count). The van der Waals surface area contributed by atoms with Crippen LogP contribution < -0.4 is 10.2 Å². The van der Waals surface area contributed by atoms with Crippen molar-refractivity contribution in [2.75, 3.05) is 38.1 Å². The summed E-state index contributed by atoms with van der Waals surface area (Å²) in [6, 6.07) is 4.99. The smallest absolute Gasteiger partial charge is 0.246 e. The Balaban J connectivity index is 1.54. The number of amides is 1. The van der Waals surface area contributed by atoms with Gasteiger partial charge in [-0.3, -0.25) is 14.5 Å². The predicted octanol–water partition coefficient (Wildman–Crippen LogP) is 1.79. The fourth-order valence-electron chi connectivity index (χ4n) is 3.02. The number of halogens is 2. The second-order valence-corrected chi connectivity index (χ2v) is 7.17. The number of aryl methyl sites for hydroxylation is 1. The van der Waals surface area contributed by atoms with Gasteiger partial charge < -0.3 is 15.1 Å². The number of carbonyl (C=O) groups is 1. The first-order valence-corrected chi connectivity index (χ1v) is 9.46. The Kier molecular flexibility index (Phi) is 6.10. The highest BCUT2D eigenvalue weighted by molar-refractivity contribution is 9.10. The summed E-state index contributed by atoms with van der Waals surface area (Å²) in [7, 11) is 3.53. The minimum atomic E-state index is -0.271. The van der Waals surface area contributed by atoms with Crippen LogP contribution in [0.5, 0.6) is 0 Å². The van der Waals surface area contributed by atoms with E-state index in [1.807, 2.05) is 18.1 Å². The van der Waals surface area contributed by atoms with Crippen molar-refractivity contribution in [1.29, 1.82) is 0 Å². The maximum Gasteiger partial charge on any atom is 0.246 e. The summed E-state index contributed by atoms with van der Waals surface area (Å²) in [5.74, 6) is 0.433. The number of benzene rings is 1. The van der Waals surface area contributed by atoms with E-state index in [-0.39, 0.29) is 18.3 Å². The zero-order valence-electron chi connectivity index (χ0n) is 15.3. The molecule has 0 radical (unpaired) electrons. The summed E-state index contributed by atoms with van der Waals surface area (Å²) in [6.45, 7) is 2.16. The minimum absolute atomic E-state index is 0.0136. The van der Waals surface area contributed by atoms with Gasteiger partial charge in [0, 0.05) is 39.9 Å². The molecule has 0 atom stereocenters. The van der Waals surface area contributed by atoms with Gasteiger partial charge in [-0.15, -0.1) is 0 Å². The summed E-state index contributed by atoms with van der Waals surface area (Å²) in [5.41, 5.74) is 1.83. The molecule has 2 aromatic rings. The number of guanidine groups is 1. The lowest BCUT2D eigenvalue weighted by atomic mass is 10.1. The van der Waals surface area contributed by atoms with Gasteiger partial charge in [0.2, 0.25) is 5.91 Å². The van der Waals surface area contributed by atoms with Gasteiger partial charge in [0.1, 0.15) is 12.4 Å². The van der Waals surface area contributed by atoms with Crippen molar-refractivity contribution < 1.29 is 9.18 Å². The minimum Gasteiger partial charge on any atom is -0.356 e. The molecule has 27 heavy (non-hydrogen) atoms. The normalized spacial score (nSPS) is 15.4. The molecule has 7 nitrogen and oxygen atoms in total. The molecule has 0 bridgehead atoms. The second kappa shape index (κ2) is 8.51. The van der Waals surface area contributed by atoms with Crippen molar-refractivity contribution >= 4 is 33.5 Å². The fraction of sp³-hybridized carbons (Fsp3) is 0.389. The van der Waals surface area contributed by atoms with Gasteiger partial charge in [0.15, 0.2) is 5.96 Å². The molecule has 9 heteroatoms. The number of rotatable bonds is 4. The van der Waals surface area contributed by atoms with Crippen LogP contribution in [0.4, 0.5) is 10.1 Å². The van der Waals surface area contributed by atoms with Crippen molar-refractivity contribution in [3.05, 3.63) is 46.4 Å². The van der Waals surface area contributed by atoms with E-state index in [2.05, 4.69) is 31.3 Å². The number of aliphatic imine (C=N–C) groups is 1. The highest BCUT2D eigenvalue weighted by atomic mass is 79.9. The molecule has 0 aliphatic carbocycles. The van der Waals surface area contributed by atoms with E-state index < -0.39 is 0 Å². The molecule has 1 aromatic carbocycles. The molecule has 0 unspecified atom stereocenters. The largest absolute Gasteiger partial charge is 0.356 e. The number of nitrogens with one attached hydrogen (secondary N) is 1. The Bertz CT molecular complexity index is 852. The highest BCUT2D eigenvalue weighted by Gasteiger charge is 2.27. The molecule has 1 fully saturated rings. The Morgan fingerprint density at radius 2 is 2.22 bits per heavy atom. The lowest BCUT2D eigenvalue weighted by molar-refractivity contribution is -0.120. The van der Waals surface area contributed by atoms with Crippen molar-refractivity contribution in [2.45, 2.75) is 6.42 Å². The van der Waals surface area contributed by atoms with E-state index in [1.54, 1.807) is 35.0 Å². The molecule has 1 N–H and O–H groups in total. The van der Waals surface area contributed by atoms with E-state index in [0.29, 0.717) is 30.1 Å². The summed E-state index contributed by atoms with van der Waals surface area (Å²) in [5, 5.41) is 7.40. The monoisotopic (exact) mass is 436 g/mol. The number of carbonyl (C=O) groups excluding carboxylic acids is 1. The van der Waals surface area contributed by atoms with Crippen molar-refractivity contribution in [3.8, 4) is 0 Å². The summed E-state index contributed by atoms with van der Waals surface area (Å²) < 4.78 is 15.5. The Hall–Kier alpha value is -2.42. The molecular formula is C18H22BrFN6O. The second-order valence-electron chi connectivity index (χ2n) is 6.31. The summed E-state index contributed by atoms with van der Waals surface area (Å²) in [4.78, 5) is 20.5. The van der Waals surface area contributed by atoms with Crippen LogP contribution in [0.15, 0.2) is 40.1 Å². The van der Waals surface area contributed by atoms with Gasteiger partial charge in [-0.2, -0.15) is 5.10 Å². The molecule has 2 heterocycles. The van der Waals surface area contributed by atoms with Gasteiger partial charge in [0.25, 0.3) is 0 Å². The molecule has 0 spiro atoms. The maximum atomic E-state index is 13.3. The Morgan fingerprint density at radius 3 is 2.85 bits per heavy atom. The molecule has 1 aliphatic rings. The molecule has 0 saturated carbocycles. The van der Waals surface area contributed by atoms with Crippen LogP contribution in [-0.2, 0) is 18.3 Å². The zero-order valence-corrected chi connectivity index (χ0v) is 16.9. The van der Waals surface area contributed by atoms with Crippen LogP contribution >= 0.6 is 15.9 Å². The number of hydrogen-bond donors (Lipinski definition) is 1. The third-order valence-corrected chi connectivity index (χ3v) is 5.02. The lowest BCUT2D eigenvalue weighted by Crippen LogP contribution is -2.55. The SMILES string of the molecule is CN=C(NCCc1ccc(F)c(Br)c1)N1CCN(c2cnn(C)c2)C(=O)C1. The van der Waals surface area contributed by atoms with Crippen molar-refractivity contribution in [1.82, 2.24) is 20.0 Å². The van der Waals surface area contributed by atoms with Crippen LogP contribution in [0.25, 0.3) is 0 Å². The summed E-state index contributed by atoms with van der Waals surface area (Å²) >= 11 is 3.20. The number of nitrogens with zero attached hydrogens (tertiary/aromatic N) is 5. The number of piperazine rings is 1. The van der Waals surface area contributed by atoms with E-state index >= 15 is 0 Å². The van der Waals surface area contributed by atoms with Crippen molar-refractivity contribution in [2.24, 2.45) is 12.0 Å². The van der Waals surface area contributed by atoms with Crippen molar-refractivity contribution in [3.63, 3.8) is 0 Å². The third-order valence-electron chi connectivity index (χ3n) is 4.42. The zero-order chi connectivity index (χ0) is 19.4. The topological polar surface area (TPSA) is 65.8 Å². The van der Waals surface area contributed by atoms with Gasteiger partial charge in [-0.1, -0.05) is 6.07 Å². The Morgan fingerprint density at radius 1 is 1.41 bits per heavy atom. The standard InChI is InChI=1S/C18H22BrFN6O/c1-21-18(22-6-5-13-3-4-16(20)15(19)9-13)25-7-8-26(17(27)12-25)14-10-23-24(2)11-14/h3-4,9-11H,5-8,12H2,1-2H3,(H,21,22). The first-order valence-electron chi connectivity index (χ1n) is 8.66. The average Bonchev–Trinajstić information content (AvgIpc) is 3.07. The summed E-state index contributed by atoms with van der Waals surface area (Å²) in [6.07, 6.45) is 4.25. The van der Waals surface area contributed by atoms with Crippen LogP contribution in [0.1, 0.15) is 5.56 Å². The fourth-order valence-corrected chi connectivity index (χ4v) is 3.45. The first kappa shape index (κ1) is 19.3. The van der Waals surface area contributed by atoms with Gasteiger partial charge in [0.05, 0.1) is 16.4 Å². The molecule has 1 amide bonds. The van der Waals surface area contributed by atoms with Crippen LogP contribution in [0.2, 0.25) is 0 Å². The van der Waals surface area contributed by atoms with Gasteiger partial charge in [-0.25, -0.2) is 4.39 Å². The van der Waals surface area contributed by atoms with E-state index in [4.69, 9.17) is 0 Å². The first-order chi connectivity index (χ1) is 13.0. The third kappa shape index (κ3) is 4.65. The molecule has 1 aliphatic heterocycles. The highest BCUT2D eigenvalue weighted by Crippen LogP contribution is 2.17. The molecule has 144 valence electrons. The molecule has 1 saturated heterocycles. The number of anilines is 1. The maximum absolute atomic E-state index is 13.3. The quantitative estimate of drug-likeness (QED) is 0.585. The van der Waals surface area contributed by atoms with Crippen LogP contribution in [0, 0.1) is 5.82 Å². The van der Waals surface area contributed by atoms with E-state index in [0.717, 1.165) is 17.7 Å². The van der Waals surface area contributed by atoms with Gasteiger partial charge in [-0.05, 0) is 40.0 Å². The average molecular weight is 437 g/mol. The number of hydrogen-bond acceptors (Lipinski definition) is 3. The van der Waals surface area contributed by atoms with Crippen LogP contribution in [-0.4, -0.2) is 59.8 Å². The predicted molar refractivity (Wildman–Crippen MR) is 106 cm³/mol. The van der Waals surface area contributed by atoms with Crippen LogP contribution in [0.3, 0.4) is 0 Å². The van der Waals surface area contributed by atoms with E-state index in [9.17, 15) is 9.18 Å². The Labute approximate surface area is 166 Å². The number of aromatic nitrogens is 2. The lowest BCUT2D eigenvalue weighted by Gasteiger charge is -2.35. The molecular weight excluding hydrogens is 415 g/mol. The molecule has 1 aromatic heterocycles. The van der Waals surface area contributed by atoms with E-state index in [1.165, 1.54) is 6.07 Å². The van der Waals surface area contributed by atoms with Gasteiger partial charge >= 0.3 is 0 Å².